The van der Waals surface area contributed by atoms with Crippen LogP contribution in [0.3, 0.4) is 0 Å². The number of hydrogen-bond donors (Lipinski definition) is 0. The second kappa shape index (κ2) is 5.33. The van der Waals surface area contributed by atoms with Gasteiger partial charge >= 0.3 is 0 Å². The summed E-state index contributed by atoms with van der Waals surface area (Å²) < 4.78 is 25.0. The van der Waals surface area contributed by atoms with E-state index in [9.17, 15) is 8.42 Å². The zero-order valence-electron chi connectivity index (χ0n) is 8.58. The molecule has 3 nitrogen and oxygen atoms in total. The molecule has 1 fully saturated rings. The Morgan fingerprint density at radius 2 is 2.07 bits per heavy atom. The summed E-state index contributed by atoms with van der Waals surface area (Å²) in [4.78, 5) is 0. The Labute approximate surface area is 91.5 Å². The molecule has 0 spiro atoms. The topological polar surface area (TPSA) is 37.4 Å². The summed E-state index contributed by atoms with van der Waals surface area (Å²) in [6.07, 6.45) is 3.08. The van der Waals surface area contributed by atoms with Crippen molar-refractivity contribution in [3.63, 3.8) is 0 Å². The first-order valence-corrected chi connectivity index (χ1v) is 7.24. The molecule has 0 aliphatic carbocycles. The summed E-state index contributed by atoms with van der Waals surface area (Å²) in [7, 11) is -3.08. The second-order valence-electron chi connectivity index (χ2n) is 3.94. The molecule has 0 N–H and O–H groups in total. The number of hydrogen-bond acceptors (Lipinski definition) is 2. The molecule has 0 radical (unpaired) electrons. The third kappa shape index (κ3) is 3.41. The summed E-state index contributed by atoms with van der Waals surface area (Å²) in [5.74, 6) is 0.906. The fraction of sp³-hybridized carbons (Fsp3) is 1.00. The van der Waals surface area contributed by atoms with Crippen LogP contribution < -0.4 is 0 Å². The molecule has 1 aliphatic heterocycles. The largest absolute Gasteiger partial charge is 0.215 e. The molecule has 1 atom stereocenters. The van der Waals surface area contributed by atoms with Crippen molar-refractivity contribution in [1.82, 2.24) is 4.31 Å². The van der Waals surface area contributed by atoms with Gasteiger partial charge in [0.2, 0.25) is 10.0 Å². The first kappa shape index (κ1) is 12.3. The van der Waals surface area contributed by atoms with Crippen molar-refractivity contribution in [3.8, 4) is 0 Å². The van der Waals surface area contributed by atoms with Crippen molar-refractivity contribution in [2.75, 3.05) is 24.7 Å². The molecule has 1 heterocycles. The van der Waals surface area contributed by atoms with Gasteiger partial charge < -0.3 is 0 Å². The predicted molar refractivity (Wildman–Crippen MR) is 59.1 cm³/mol. The van der Waals surface area contributed by atoms with Gasteiger partial charge in [0, 0.05) is 19.0 Å². The average Bonchev–Trinajstić information content (AvgIpc) is 2.30. The van der Waals surface area contributed by atoms with Crippen LogP contribution in [0, 0.1) is 5.92 Å². The summed E-state index contributed by atoms with van der Waals surface area (Å²) in [6.45, 7) is 3.52. The van der Waals surface area contributed by atoms with Crippen LogP contribution in [0.2, 0.25) is 0 Å². The third-order valence-corrected chi connectivity index (χ3v) is 4.99. The zero-order valence-corrected chi connectivity index (χ0v) is 10.1. The number of nitrogens with zero attached hydrogens (tertiary/aromatic N) is 1. The van der Waals surface area contributed by atoms with Crippen LogP contribution in [0.25, 0.3) is 0 Å². The summed E-state index contributed by atoms with van der Waals surface area (Å²) in [5, 5.41) is 0. The van der Waals surface area contributed by atoms with Crippen LogP contribution in [-0.4, -0.2) is 37.4 Å². The van der Waals surface area contributed by atoms with Gasteiger partial charge in [0.05, 0.1) is 5.75 Å². The predicted octanol–water partition coefficient (Wildman–Crippen LogP) is 1.68. The molecule has 5 heteroatoms. The molecule has 0 aromatic heterocycles. The fourth-order valence-corrected chi connectivity index (χ4v) is 3.57. The molecule has 1 unspecified atom stereocenters. The lowest BCUT2D eigenvalue weighted by atomic mass is 10.0. The van der Waals surface area contributed by atoms with Crippen molar-refractivity contribution in [3.05, 3.63) is 0 Å². The Morgan fingerprint density at radius 3 is 2.71 bits per heavy atom. The van der Waals surface area contributed by atoms with Crippen LogP contribution in [0.5, 0.6) is 0 Å². The van der Waals surface area contributed by atoms with Gasteiger partial charge in [-0.1, -0.05) is 6.92 Å². The van der Waals surface area contributed by atoms with Crippen molar-refractivity contribution >= 4 is 21.6 Å². The lowest BCUT2D eigenvalue weighted by Crippen LogP contribution is -2.34. The zero-order chi connectivity index (χ0) is 10.6. The SMILES string of the molecule is CC1CCCN(S(=O)(=O)CCCl)CC1. The molecule has 0 saturated carbocycles. The molecule has 14 heavy (non-hydrogen) atoms. The number of alkyl halides is 1. The molecule has 0 bridgehead atoms. The number of sulfonamides is 1. The van der Waals surface area contributed by atoms with Gasteiger partial charge in [-0.2, -0.15) is 0 Å². The van der Waals surface area contributed by atoms with Crippen molar-refractivity contribution in [2.45, 2.75) is 26.2 Å². The van der Waals surface area contributed by atoms with E-state index in [1.165, 1.54) is 0 Å². The van der Waals surface area contributed by atoms with Gasteiger partial charge in [0.15, 0.2) is 0 Å². The van der Waals surface area contributed by atoms with E-state index in [4.69, 9.17) is 11.6 Å². The fourth-order valence-electron chi connectivity index (χ4n) is 1.74. The summed E-state index contributed by atoms with van der Waals surface area (Å²) in [5.41, 5.74) is 0. The normalized spacial score (nSPS) is 26.0. The van der Waals surface area contributed by atoms with Crippen molar-refractivity contribution in [1.29, 1.82) is 0 Å². The van der Waals surface area contributed by atoms with Crippen LogP contribution >= 0.6 is 11.6 Å². The minimum absolute atomic E-state index is 0.0724. The molecular weight excluding hydrogens is 222 g/mol. The summed E-state index contributed by atoms with van der Waals surface area (Å²) >= 11 is 5.47. The van der Waals surface area contributed by atoms with Gasteiger partial charge in [0.1, 0.15) is 0 Å². The summed E-state index contributed by atoms with van der Waals surface area (Å²) in [6, 6.07) is 0. The first-order valence-electron chi connectivity index (χ1n) is 5.10. The van der Waals surface area contributed by atoms with Crippen LogP contribution in [-0.2, 0) is 10.0 Å². The van der Waals surface area contributed by atoms with Gasteiger partial charge in [-0.3, -0.25) is 0 Å². The molecular formula is C9H18ClNO2S. The van der Waals surface area contributed by atoms with Crippen molar-refractivity contribution < 1.29 is 8.42 Å². The minimum atomic E-state index is -3.08. The van der Waals surface area contributed by atoms with E-state index in [1.54, 1.807) is 4.31 Å². The Kier molecular flexibility index (Phi) is 4.67. The van der Waals surface area contributed by atoms with E-state index >= 15 is 0 Å². The van der Waals surface area contributed by atoms with Crippen LogP contribution in [0.1, 0.15) is 26.2 Å². The Morgan fingerprint density at radius 1 is 1.36 bits per heavy atom. The highest BCUT2D eigenvalue weighted by Gasteiger charge is 2.23. The van der Waals surface area contributed by atoms with E-state index in [-0.39, 0.29) is 11.6 Å². The quantitative estimate of drug-likeness (QED) is 0.703. The highest BCUT2D eigenvalue weighted by atomic mass is 35.5. The Hall–Kier alpha value is 0.200. The number of rotatable bonds is 3. The maximum absolute atomic E-state index is 11.7. The van der Waals surface area contributed by atoms with Gasteiger partial charge in [-0.25, -0.2) is 12.7 Å². The van der Waals surface area contributed by atoms with Crippen LogP contribution in [0.15, 0.2) is 0 Å². The molecule has 1 saturated heterocycles. The molecule has 84 valence electrons. The third-order valence-electron chi connectivity index (χ3n) is 2.70. The van der Waals surface area contributed by atoms with E-state index in [2.05, 4.69) is 6.92 Å². The smallest absolute Gasteiger partial charge is 0.212 e. The van der Waals surface area contributed by atoms with Gasteiger partial charge in [-0.05, 0) is 25.2 Å². The lowest BCUT2D eigenvalue weighted by molar-refractivity contribution is 0.418. The highest BCUT2D eigenvalue weighted by Crippen LogP contribution is 2.18. The second-order valence-corrected chi connectivity index (χ2v) is 6.41. The van der Waals surface area contributed by atoms with Gasteiger partial charge in [0.25, 0.3) is 0 Å². The Balaban J connectivity index is 2.59. The molecule has 0 aromatic rings. The van der Waals surface area contributed by atoms with Crippen LogP contribution in [0.4, 0.5) is 0 Å². The monoisotopic (exact) mass is 239 g/mol. The van der Waals surface area contributed by atoms with Crippen molar-refractivity contribution in [2.24, 2.45) is 5.92 Å². The standard InChI is InChI=1S/C9H18ClNO2S/c1-9-3-2-6-11(7-4-9)14(12,13)8-5-10/h9H,2-8H2,1H3. The lowest BCUT2D eigenvalue weighted by Gasteiger charge is -2.19. The maximum Gasteiger partial charge on any atom is 0.215 e. The molecule has 0 amide bonds. The first-order chi connectivity index (χ1) is 6.56. The average molecular weight is 240 g/mol. The number of halogens is 1. The van der Waals surface area contributed by atoms with E-state index in [0.717, 1.165) is 19.3 Å². The highest BCUT2D eigenvalue weighted by molar-refractivity contribution is 7.89. The van der Waals surface area contributed by atoms with E-state index in [1.807, 2.05) is 0 Å². The molecule has 1 aliphatic rings. The van der Waals surface area contributed by atoms with E-state index in [0.29, 0.717) is 19.0 Å². The molecule has 1 rings (SSSR count). The Bertz CT molecular complexity index is 266. The molecule has 0 aromatic carbocycles. The van der Waals surface area contributed by atoms with Gasteiger partial charge in [-0.15, -0.1) is 11.6 Å². The minimum Gasteiger partial charge on any atom is -0.212 e. The van der Waals surface area contributed by atoms with E-state index < -0.39 is 10.0 Å². The maximum atomic E-state index is 11.7.